The number of carbonyl (C=O) groups is 1. The first kappa shape index (κ1) is 17.8. The molecule has 0 aliphatic heterocycles. The lowest BCUT2D eigenvalue weighted by atomic mass is 10.1. The zero-order chi connectivity index (χ0) is 18.2. The average Bonchev–Trinajstić information content (AvgIpc) is 2.57. The van der Waals surface area contributed by atoms with E-state index in [1.807, 2.05) is 44.2 Å². The van der Waals surface area contributed by atoms with Crippen LogP contribution in [0.3, 0.4) is 0 Å². The fraction of sp³-hybridized carbons (Fsp3) is 0.150. The van der Waals surface area contributed by atoms with Gasteiger partial charge in [-0.05, 0) is 49.2 Å². The molecular weight excluding hydrogens is 314 g/mol. The molecule has 0 fully saturated rings. The number of para-hydroxylation sites is 1. The third kappa shape index (κ3) is 4.95. The van der Waals surface area contributed by atoms with Gasteiger partial charge in [0.1, 0.15) is 23.5 Å². The molecule has 0 spiro atoms. The van der Waals surface area contributed by atoms with Crippen LogP contribution in [0.5, 0.6) is 5.75 Å². The second-order valence-electron chi connectivity index (χ2n) is 5.48. The van der Waals surface area contributed by atoms with Crippen LogP contribution in [0.1, 0.15) is 16.7 Å². The molecule has 5 heteroatoms. The minimum absolute atomic E-state index is 0.0489. The highest BCUT2D eigenvalue weighted by molar-refractivity contribution is 6.09. The lowest BCUT2D eigenvalue weighted by Crippen LogP contribution is -2.13. The normalized spacial score (nSPS) is 10.5. The molecule has 124 valence electrons. The molecule has 0 aromatic heterocycles. The standard InChI is InChI=1S/C20H17N3O2/c1-14-9-15(2)11-18(10-14)23-20(24)17(13-22)12-16-5-3-4-6-19(16)25-8-7-21/h3-6,9-12H,8H2,1-2H3,(H,23,24)/b17-12+. The number of nitrogens with zero attached hydrogens (tertiary/aromatic N) is 2. The molecule has 0 atom stereocenters. The van der Waals surface area contributed by atoms with Gasteiger partial charge in [-0.15, -0.1) is 0 Å². The third-order valence-electron chi connectivity index (χ3n) is 3.36. The summed E-state index contributed by atoms with van der Waals surface area (Å²) < 4.78 is 5.31. The van der Waals surface area contributed by atoms with Crippen molar-refractivity contribution in [3.63, 3.8) is 0 Å². The first-order valence-electron chi connectivity index (χ1n) is 7.63. The lowest BCUT2D eigenvalue weighted by Gasteiger charge is -2.08. The van der Waals surface area contributed by atoms with Crippen LogP contribution in [-0.2, 0) is 4.79 Å². The molecule has 0 saturated carbocycles. The smallest absolute Gasteiger partial charge is 0.266 e. The molecule has 2 rings (SSSR count). The number of benzene rings is 2. The molecule has 1 amide bonds. The van der Waals surface area contributed by atoms with E-state index in [4.69, 9.17) is 10.00 Å². The Morgan fingerprint density at radius 1 is 1.16 bits per heavy atom. The number of carbonyl (C=O) groups excluding carboxylic acids is 1. The van der Waals surface area contributed by atoms with Crippen molar-refractivity contribution in [3.8, 4) is 17.9 Å². The summed E-state index contributed by atoms with van der Waals surface area (Å²) in [6.45, 7) is 3.76. The van der Waals surface area contributed by atoms with Gasteiger partial charge >= 0.3 is 0 Å². The van der Waals surface area contributed by atoms with E-state index in [2.05, 4.69) is 5.32 Å². The predicted octanol–water partition coefficient (Wildman–Crippen LogP) is 3.75. The molecule has 25 heavy (non-hydrogen) atoms. The fourth-order valence-electron chi connectivity index (χ4n) is 2.39. The SMILES string of the molecule is Cc1cc(C)cc(NC(=O)/C(C#N)=C/c2ccccc2OCC#N)c1. The maximum Gasteiger partial charge on any atom is 0.266 e. The van der Waals surface area contributed by atoms with Crippen molar-refractivity contribution in [2.75, 3.05) is 11.9 Å². The topological polar surface area (TPSA) is 85.9 Å². The summed E-state index contributed by atoms with van der Waals surface area (Å²) in [7, 11) is 0. The summed E-state index contributed by atoms with van der Waals surface area (Å²) in [5, 5.41) is 20.7. The molecule has 0 aliphatic carbocycles. The van der Waals surface area contributed by atoms with E-state index in [0.717, 1.165) is 11.1 Å². The monoisotopic (exact) mass is 331 g/mol. The lowest BCUT2D eigenvalue weighted by molar-refractivity contribution is -0.112. The Labute approximate surface area is 146 Å². The van der Waals surface area contributed by atoms with Crippen LogP contribution < -0.4 is 10.1 Å². The number of aryl methyl sites for hydroxylation is 2. The van der Waals surface area contributed by atoms with Gasteiger partial charge in [0.2, 0.25) is 0 Å². The van der Waals surface area contributed by atoms with Crippen LogP contribution in [0.25, 0.3) is 6.08 Å². The fourth-order valence-corrected chi connectivity index (χ4v) is 2.39. The zero-order valence-corrected chi connectivity index (χ0v) is 14.0. The second kappa shape index (κ2) is 8.33. The predicted molar refractivity (Wildman–Crippen MR) is 95.7 cm³/mol. The highest BCUT2D eigenvalue weighted by Crippen LogP contribution is 2.22. The van der Waals surface area contributed by atoms with E-state index in [-0.39, 0.29) is 12.2 Å². The molecule has 1 N–H and O–H groups in total. The van der Waals surface area contributed by atoms with Gasteiger partial charge in [0.25, 0.3) is 5.91 Å². The Morgan fingerprint density at radius 2 is 1.84 bits per heavy atom. The summed E-state index contributed by atoms with van der Waals surface area (Å²) in [5.74, 6) is -0.0569. The summed E-state index contributed by atoms with van der Waals surface area (Å²) in [6, 6.07) is 16.4. The first-order valence-corrected chi connectivity index (χ1v) is 7.63. The van der Waals surface area contributed by atoms with E-state index in [0.29, 0.717) is 17.0 Å². The van der Waals surface area contributed by atoms with Crippen LogP contribution in [0.4, 0.5) is 5.69 Å². The zero-order valence-electron chi connectivity index (χ0n) is 14.0. The van der Waals surface area contributed by atoms with E-state index in [9.17, 15) is 10.1 Å². The third-order valence-corrected chi connectivity index (χ3v) is 3.36. The maximum atomic E-state index is 12.4. The summed E-state index contributed by atoms with van der Waals surface area (Å²) in [5.41, 5.74) is 3.19. The average molecular weight is 331 g/mol. The van der Waals surface area contributed by atoms with Gasteiger partial charge in [0.05, 0.1) is 0 Å². The van der Waals surface area contributed by atoms with Gasteiger partial charge in [-0.25, -0.2) is 0 Å². The van der Waals surface area contributed by atoms with Crippen LogP contribution in [0, 0.1) is 36.5 Å². The van der Waals surface area contributed by atoms with E-state index in [1.54, 1.807) is 24.3 Å². The molecule has 0 aliphatic rings. The molecule has 0 heterocycles. The van der Waals surface area contributed by atoms with Gasteiger partial charge in [-0.2, -0.15) is 10.5 Å². The molecule has 0 unspecified atom stereocenters. The molecule has 0 radical (unpaired) electrons. The molecule has 0 saturated heterocycles. The summed E-state index contributed by atoms with van der Waals surface area (Å²) in [6.07, 6.45) is 1.45. The Kier molecular flexibility index (Phi) is 5.92. The van der Waals surface area contributed by atoms with Gasteiger partial charge in [-0.1, -0.05) is 24.3 Å². The number of nitrogens with one attached hydrogen (secondary N) is 1. The van der Waals surface area contributed by atoms with Crippen molar-refractivity contribution in [1.29, 1.82) is 10.5 Å². The Bertz CT molecular complexity index is 882. The van der Waals surface area contributed by atoms with Gasteiger partial charge in [-0.3, -0.25) is 4.79 Å². The van der Waals surface area contributed by atoms with Crippen molar-refractivity contribution in [1.82, 2.24) is 0 Å². The number of rotatable bonds is 5. The minimum Gasteiger partial charge on any atom is -0.478 e. The van der Waals surface area contributed by atoms with Crippen LogP contribution in [-0.4, -0.2) is 12.5 Å². The number of anilines is 1. The van der Waals surface area contributed by atoms with Crippen molar-refractivity contribution >= 4 is 17.7 Å². The van der Waals surface area contributed by atoms with Crippen molar-refractivity contribution in [3.05, 3.63) is 64.7 Å². The number of nitriles is 2. The van der Waals surface area contributed by atoms with E-state index in [1.165, 1.54) is 6.08 Å². The molecule has 5 nitrogen and oxygen atoms in total. The van der Waals surface area contributed by atoms with Crippen LogP contribution >= 0.6 is 0 Å². The molecule has 0 bridgehead atoms. The molecular formula is C20H17N3O2. The van der Waals surface area contributed by atoms with Crippen molar-refractivity contribution in [2.24, 2.45) is 0 Å². The largest absolute Gasteiger partial charge is 0.478 e. The Balaban J connectivity index is 2.27. The van der Waals surface area contributed by atoms with Crippen LogP contribution in [0.15, 0.2) is 48.0 Å². The first-order chi connectivity index (χ1) is 12.0. The number of amides is 1. The van der Waals surface area contributed by atoms with Gasteiger partial charge in [0, 0.05) is 11.3 Å². The number of hydrogen-bond acceptors (Lipinski definition) is 4. The molecule has 2 aromatic carbocycles. The summed E-state index contributed by atoms with van der Waals surface area (Å²) >= 11 is 0. The highest BCUT2D eigenvalue weighted by Gasteiger charge is 2.11. The maximum absolute atomic E-state index is 12.4. The number of hydrogen-bond donors (Lipinski definition) is 1. The quantitative estimate of drug-likeness (QED) is 0.668. The van der Waals surface area contributed by atoms with E-state index >= 15 is 0 Å². The number of ether oxygens (including phenoxy) is 1. The Hall–Kier alpha value is -3.57. The van der Waals surface area contributed by atoms with Crippen LogP contribution in [0.2, 0.25) is 0 Å². The van der Waals surface area contributed by atoms with Gasteiger partial charge < -0.3 is 10.1 Å². The second-order valence-corrected chi connectivity index (χ2v) is 5.48. The van der Waals surface area contributed by atoms with Gasteiger partial charge in [0.15, 0.2) is 6.61 Å². The minimum atomic E-state index is -0.498. The Morgan fingerprint density at radius 3 is 2.48 bits per heavy atom. The summed E-state index contributed by atoms with van der Waals surface area (Å²) in [4.78, 5) is 12.4. The molecule has 2 aromatic rings. The highest BCUT2D eigenvalue weighted by atomic mass is 16.5. The van der Waals surface area contributed by atoms with E-state index < -0.39 is 5.91 Å². The van der Waals surface area contributed by atoms with Crippen molar-refractivity contribution < 1.29 is 9.53 Å². The van der Waals surface area contributed by atoms with Crippen molar-refractivity contribution in [2.45, 2.75) is 13.8 Å².